The standard InChI is InChI=1S/C11H20O3/c1-10(2)6-8(12)9(13)11(7-10)4-3-5-14-11/h8-9,12-13H,3-7H2,1-2H3/t8-,9-,11-/m1/s1. The van der Waals surface area contributed by atoms with Crippen molar-refractivity contribution in [3.8, 4) is 0 Å². The fourth-order valence-corrected chi connectivity index (χ4v) is 3.11. The summed E-state index contributed by atoms with van der Waals surface area (Å²) in [5.41, 5.74) is -0.385. The molecule has 1 saturated carbocycles. The summed E-state index contributed by atoms with van der Waals surface area (Å²) in [6.45, 7) is 4.98. The van der Waals surface area contributed by atoms with E-state index in [9.17, 15) is 10.2 Å². The highest BCUT2D eigenvalue weighted by Gasteiger charge is 2.52. The third-order valence-corrected chi connectivity index (χ3v) is 3.58. The van der Waals surface area contributed by atoms with Gasteiger partial charge in [0.25, 0.3) is 0 Å². The minimum absolute atomic E-state index is 0.0724. The molecule has 82 valence electrons. The molecule has 1 aliphatic carbocycles. The molecule has 2 fully saturated rings. The maximum atomic E-state index is 9.99. The molecule has 1 spiro atoms. The van der Waals surface area contributed by atoms with Crippen molar-refractivity contribution in [1.29, 1.82) is 0 Å². The van der Waals surface area contributed by atoms with Gasteiger partial charge in [-0.25, -0.2) is 0 Å². The number of aliphatic hydroxyl groups is 2. The van der Waals surface area contributed by atoms with Crippen LogP contribution in [0, 0.1) is 5.41 Å². The summed E-state index contributed by atoms with van der Waals surface area (Å²) in [7, 11) is 0. The molecule has 0 aromatic carbocycles. The Morgan fingerprint density at radius 2 is 2.00 bits per heavy atom. The van der Waals surface area contributed by atoms with E-state index >= 15 is 0 Å². The van der Waals surface area contributed by atoms with E-state index in [-0.39, 0.29) is 5.41 Å². The van der Waals surface area contributed by atoms with E-state index in [0.29, 0.717) is 6.42 Å². The zero-order valence-electron chi connectivity index (χ0n) is 8.99. The van der Waals surface area contributed by atoms with Crippen LogP contribution in [0.2, 0.25) is 0 Å². The lowest BCUT2D eigenvalue weighted by atomic mass is 9.66. The van der Waals surface area contributed by atoms with Gasteiger partial charge in [-0.3, -0.25) is 0 Å². The minimum Gasteiger partial charge on any atom is -0.390 e. The first-order chi connectivity index (χ1) is 6.45. The molecule has 3 nitrogen and oxygen atoms in total. The van der Waals surface area contributed by atoms with Crippen LogP contribution in [0.5, 0.6) is 0 Å². The van der Waals surface area contributed by atoms with Crippen LogP contribution in [0.15, 0.2) is 0 Å². The van der Waals surface area contributed by atoms with Crippen LogP contribution in [-0.4, -0.2) is 34.6 Å². The van der Waals surface area contributed by atoms with Gasteiger partial charge in [0.05, 0.1) is 11.7 Å². The lowest BCUT2D eigenvalue weighted by molar-refractivity contribution is -0.183. The zero-order valence-corrected chi connectivity index (χ0v) is 8.99. The van der Waals surface area contributed by atoms with E-state index in [0.717, 1.165) is 25.9 Å². The van der Waals surface area contributed by atoms with Gasteiger partial charge in [-0.15, -0.1) is 0 Å². The molecular formula is C11H20O3. The molecule has 0 aromatic heterocycles. The fraction of sp³-hybridized carbons (Fsp3) is 1.00. The molecule has 3 atom stereocenters. The number of hydrogen-bond donors (Lipinski definition) is 2. The number of aliphatic hydroxyl groups excluding tert-OH is 2. The van der Waals surface area contributed by atoms with E-state index in [1.54, 1.807) is 0 Å². The highest BCUT2D eigenvalue weighted by Crippen LogP contribution is 2.47. The first-order valence-electron chi connectivity index (χ1n) is 5.45. The Morgan fingerprint density at radius 3 is 2.57 bits per heavy atom. The predicted octanol–water partition coefficient (Wildman–Crippen LogP) is 1.08. The maximum absolute atomic E-state index is 9.99. The van der Waals surface area contributed by atoms with E-state index < -0.39 is 17.8 Å². The molecule has 0 aromatic rings. The molecule has 2 aliphatic rings. The van der Waals surface area contributed by atoms with Crippen LogP contribution >= 0.6 is 0 Å². The van der Waals surface area contributed by atoms with Crippen LogP contribution in [0.3, 0.4) is 0 Å². The van der Waals surface area contributed by atoms with Crippen molar-refractivity contribution in [2.75, 3.05) is 6.61 Å². The summed E-state index contributed by atoms with van der Waals surface area (Å²) in [6.07, 6.45) is 2.08. The second-order valence-corrected chi connectivity index (χ2v) is 5.57. The van der Waals surface area contributed by atoms with Gasteiger partial charge in [-0.2, -0.15) is 0 Å². The summed E-state index contributed by atoms with van der Waals surface area (Å²) >= 11 is 0. The lowest BCUT2D eigenvalue weighted by Crippen LogP contribution is -2.56. The second-order valence-electron chi connectivity index (χ2n) is 5.57. The van der Waals surface area contributed by atoms with E-state index in [1.807, 2.05) is 0 Å². The molecule has 1 saturated heterocycles. The number of ether oxygens (including phenoxy) is 1. The molecule has 1 aliphatic heterocycles. The van der Waals surface area contributed by atoms with Crippen molar-refractivity contribution in [3.63, 3.8) is 0 Å². The van der Waals surface area contributed by atoms with Gasteiger partial charge in [0.15, 0.2) is 0 Å². The Labute approximate surface area is 85.1 Å². The van der Waals surface area contributed by atoms with Gasteiger partial charge < -0.3 is 14.9 Å². The molecule has 3 heteroatoms. The van der Waals surface area contributed by atoms with Crippen LogP contribution in [0.25, 0.3) is 0 Å². The van der Waals surface area contributed by atoms with Gasteiger partial charge in [-0.05, 0) is 31.1 Å². The molecule has 0 unspecified atom stereocenters. The predicted molar refractivity (Wildman–Crippen MR) is 52.9 cm³/mol. The van der Waals surface area contributed by atoms with Gasteiger partial charge in [0.2, 0.25) is 0 Å². The van der Waals surface area contributed by atoms with Gasteiger partial charge >= 0.3 is 0 Å². The summed E-state index contributed by atoms with van der Waals surface area (Å²) in [5, 5.41) is 19.8. The third-order valence-electron chi connectivity index (χ3n) is 3.58. The molecule has 0 amide bonds. The average molecular weight is 200 g/mol. The molecule has 0 bridgehead atoms. The zero-order chi connectivity index (χ0) is 10.4. The fourth-order valence-electron chi connectivity index (χ4n) is 3.11. The van der Waals surface area contributed by atoms with Crippen molar-refractivity contribution in [2.24, 2.45) is 5.41 Å². The first kappa shape index (κ1) is 10.4. The minimum atomic E-state index is -0.696. The maximum Gasteiger partial charge on any atom is 0.109 e. The Balaban J connectivity index is 2.22. The summed E-state index contributed by atoms with van der Waals surface area (Å²) < 4.78 is 5.69. The van der Waals surface area contributed by atoms with Crippen LogP contribution in [0.4, 0.5) is 0 Å². The van der Waals surface area contributed by atoms with Crippen LogP contribution in [-0.2, 0) is 4.74 Å². The van der Waals surface area contributed by atoms with Crippen molar-refractivity contribution in [1.82, 2.24) is 0 Å². The molecular weight excluding hydrogens is 180 g/mol. The van der Waals surface area contributed by atoms with Crippen molar-refractivity contribution in [3.05, 3.63) is 0 Å². The third kappa shape index (κ3) is 1.58. The van der Waals surface area contributed by atoms with Gasteiger partial charge in [0.1, 0.15) is 6.10 Å². The SMILES string of the molecule is CC1(C)C[C@@H](O)[C@@H](O)[C@@]2(CCCO2)C1. The van der Waals surface area contributed by atoms with E-state index in [1.165, 1.54) is 0 Å². The van der Waals surface area contributed by atoms with Gasteiger partial charge in [0, 0.05) is 6.61 Å². The molecule has 2 N–H and O–H groups in total. The summed E-state index contributed by atoms with van der Waals surface area (Å²) in [6, 6.07) is 0. The molecule has 0 radical (unpaired) electrons. The molecule has 2 rings (SSSR count). The first-order valence-corrected chi connectivity index (χ1v) is 5.45. The average Bonchev–Trinajstić information content (AvgIpc) is 2.48. The second kappa shape index (κ2) is 3.19. The topological polar surface area (TPSA) is 49.7 Å². The van der Waals surface area contributed by atoms with Gasteiger partial charge in [-0.1, -0.05) is 13.8 Å². The number of hydrogen-bond acceptors (Lipinski definition) is 3. The summed E-state index contributed by atoms with van der Waals surface area (Å²) in [5.74, 6) is 0. The Hall–Kier alpha value is -0.120. The highest BCUT2D eigenvalue weighted by atomic mass is 16.5. The Kier molecular flexibility index (Phi) is 2.37. The lowest BCUT2D eigenvalue weighted by Gasteiger charge is -2.47. The monoisotopic (exact) mass is 200 g/mol. The van der Waals surface area contributed by atoms with Crippen molar-refractivity contribution in [2.45, 2.75) is 57.3 Å². The molecule has 14 heavy (non-hydrogen) atoms. The van der Waals surface area contributed by atoms with E-state index in [2.05, 4.69) is 13.8 Å². The molecule has 1 heterocycles. The van der Waals surface area contributed by atoms with Crippen molar-refractivity contribution >= 4 is 0 Å². The largest absolute Gasteiger partial charge is 0.390 e. The normalized spacial score (nSPS) is 47.1. The summed E-state index contributed by atoms with van der Waals surface area (Å²) in [4.78, 5) is 0. The number of rotatable bonds is 0. The van der Waals surface area contributed by atoms with Crippen molar-refractivity contribution < 1.29 is 14.9 Å². The van der Waals surface area contributed by atoms with Crippen LogP contribution < -0.4 is 0 Å². The van der Waals surface area contributed by atoms with E-state index in [4.69, 9.17) is 4.74 Å². The quantitative estimate of drug-likeness (QED) is 0.615. The highest BCUT2D eigenvalue weighted by molar-refractivity contribution is 5.03. The smallest absolute Gasteiger partial charge is 0.109 e. The Morgan fingerprint density at radius 1 is 1.29 bits per heavy atom. The Bertz CT molecular complexity index is 219. The van der Waals surface area contributed by atoms with Crippen LogP contribution in [0.1, 0.15) is 39.5 Å².